The van der Waals surface area contributed by atoms with Crippen molar-refractivity contribution < 1.29 is 4.39 Å². The van der Waals surface area contributed by atoms with Gasteiger partial charge in [-0.05, 0) is 36.2 Å². The number of nitrogens with zero attached hydrogens (tertiary/aromatic N) is 2. The third kappa shape index (κ3) is 3.21. The first-order valence-electron chi connectivity index (χ1n) is 6.14. The lowest BCUT2D eigenvalue weighted by Gasteiger charge is -2.13. The lowest BCUT2D eigenvalue weighted by Crippen LogP contribution is -2.17. The molecule has 98 valence electrons. The van der Waals surface area contributed by atoms with Gasteiger partial charge in [-0.15, -0.1) is 0 Å². The molecule has 0 saturated heterocycles. The van der Waals surface area contributed by atoms with Crippen LogP contribution in [0.25, 0.3) is 0 Å². The molecule has 0 fully saturated rings. The van der Waals surface area contributed by atoms with Gasteiger partial charge in [-0.2, -0.15) is 5.26 Å². The molecule has 0 amide bonds. The van der Waals surface area contributed by atoms with Gasteiger partial charge < -0.3 is 9.88 Å². The minimum Gasteiger partial charge on any atom is -0.342 e. The first-order chi connectivity index (χ1) is 9.10. The van der Waals surface area contributed by atoms with Crippen molar-refractivity contribution in [1.29, 1.82) is 5.26 Å². The lowest BCUT2D eigenvalue weighted by atomic mass is 10.1. The zero-order valence-electron chi connectivity index (χ0n) is 11.0. The summed E-state index contributed by atoms with van der Waals surface area (Å²) in [6, 6.07) is 10.6. The van der Waals surface area contributed by atoms with E-state index in [4.69, 9.17) is 5.26 Å². The number of benzene rings is 1. The Morgan fingerprint density at radius 1 is 1.42 bits per heavy atom. The largest absolute Gasteiger partial charge is 0.342 e. The quantitative estimate of drug-likeness (QED) is 0.915. The van der Waals surface area contributed by atoms with Crippen LogP contribution in [0.1, 0.15) is 29.8 Å². The average Bonchev–Trinajstić information content (AvgIpc) is 2.76. The third-order valence-corrected chi connectivity index (χ3v) is 3.14. The Balaban J connectivity index is 2.00. The summed E-state index contributed by atoms with van der Waals surface area (Å²) in [6.45, 7) is 2.64. The standard InChI is InChI=1S/C15H16FN3/c1-11(13-4-3-5-14(16)7-13)18-9-12-6-15(8-17)19(2)10-12/h3-7,10-11,18H,9H2,1-2H3. The van der Waals surface area contributed by atoms with E-state index < -0.39 is 0 Å². The van der Waals surface area contributed by atoms with Crippen LogP contribution in [0, 0.1) is 17.1 Å². The van der Waals surface area contributed by atoms with Crippen LogP contribution in [0.5, 0.6) is 0 Å². The summed E-state index contributed by atoms with van der Waals surface area (Å²) in [5.41, 5.74) is 2.59. The summed E-state index contributed by atoms with van der Waals surface area (Å²) in [7, 11) is 1.85. The van der Waals surface area contributed by atoms with Crippen LogP contribution in [-0.2, 0) is 13.6 Å². The molecule has 0 saturated carbocycles. The fraction of sp³-hybridized carbons (Fsp3) is 0.267. The highest BCUT2D eigenvalue weighted by Gasteiger charge is 2.07. The van der Waals surface area contributed by atoms with Gasteiger partial charge in [0.05, 0.1) is 0 Å². The zero-order valence-corrected chi connectivity index (χ0v) is 11.0. The molecule has 1 aromatic heterocycles. The highest BCUT2D eigenvalue weighted by Crippen LogP contribution is 2.15. The van der Waals surface area contributed by atoms with Gasteiger partial charge in [-0.1, -0.05) is 12.1 Å². The molecular weight excluding hydrogens is 241 g/mol. The van der Waals surface area contributed by atoms with Crippen LogP contribution in [0.3, 0.4) is 0 Å². The predicted octanol–water partition coefficient (Wildman–Crippen LogP) is 2.89. The molecule has 1 heterocycles. The highest BCUT2D eigenvalue weighted by atomic mass is 19.1. The van der Waals surface area contributed by atoms with Crippen molar-refractivity contribution in [3.05, 3.63) is 59.2 Å². The van der Waals surface area contributed by atoms with E-state index in [9.17, 15) is 4.39 Å². The Hall–Kier alpha value is -2.12. The number of nitrogens with one attached hydrogen (secondary N) is 1. The Kier molecular flexibility index (Phi) is 3.98. The molecule has 0 aliphatic rings. The maximum Gasteiger partial charge on any atom is 0.123 e. The summed E-state index contributed by atoms with van der Waals surface area (Å²) in [5, 5.41) is 12.2. The van der Waals surface area contributed by atoms with Crippen molar-refractivity contribution in [2.45, 2.75) is 19.5 Å². The summed E-state index contributed by atoms with van der Waals surface area (Å²) < 4.78 is 14.9. The molecule has 0 radical (unpaired) electrons. The van der Waals surface area contributed by atoms with E-state index in [1.165, 1.54) is 12.1 Å². The summed E-state index contributed by atoms with van der Waals surface area (Å²) in [6.07, 6.45) is 1.92. The Morgan fingerprint density at radius 3 is 2.84 bits per heavy atom. The van der Waals surface area contributed by atoms with E-state index in [0.29, 0.717) is 12.2 Å². The average molecular weight is 257 g/mol. The Labute approximate surface area is 112 Å². The van der Waals surface area contributed by atoms with E-state index in [2.05, 4.69) is 11.4 Å². The van der Waals surface area contributed by atoms with Crippen molar-refractivity contribution in [3.8, 4) is 6.07 Å². The van der Waals surface area contributed by atoms with Crippen LogP contribution in [0.15, 0.2) is 36.5 Å². The molecule has 2 aromatic rings. The first kappa shape index (κ1) is 13.3. The van der Waals surface area contributed by atoms with Crippen molar-refractivity contribution in [1.82, 2.24) is 9.88 Å². The zero-order chi connectivity index (χ0) is 13.8. The minimum atomic E-state index is -0.224. The van der Waals surface area contributed by atoms with Crippen LogP contribution < -0.4 is 5.32 Å². The SMILES string of the molecule is CC(NCc1cc(C#N)n(C)c1)c1cccc(F)c1. The van der Waals surface area contributed by atoms with Crippen molar-refractivity contribution >= 4 is 0 Å². The third-order valence-electron chi connectivity index (χ3n) is 3.14. The van der Waals surface area contributed by atoms with Crippen LogP contribution in [0.2, 0.25) is 0 Å². The van der Waals surface area contributed by atoms with E-state index >= 15 is 0 Å². The maximum atomic E-state index is 13.1. The van der Waals surface area contributed by atoms with Gasteiger partial charge in [0.1, 0.15) is 17.6 Å². The maximum absolute atomic E-state index is 13.1. The molecule has 1 aromatic carbocycles. The second-order valence-electron chi connectivity index (χ2n) is 4.61. The van der Waals surface area contributed by atoms with Gasteiger partial charge in [0.2, 0.25) is 0 Å². The molecule has 2 rings (SSSR count). The molecule has 1 atom stereocenters. The molecule has 1 N–H and O–H groups in total. The number of halogens is 1. The molecule has 1 unspecified atom stereocenters. The first-order valence-corrected chi connectivity index (χ1v) is 6.14. The van der Waals surface area contributed by atoms with Crippen molar-refractivity contribution in [2.75, 3.05) is 0 Å². The van der Waals surface area contributed by atoms with E-state index in [1.54, 1.807) is 10.6 Å². The number of aromatic nitrogens is 1. The minimum absolute atomic E-state index is 0.0569. The molecular formula is C15H16FN3. The highest BCUT2D eigenvalue weighted by molar-refractivity contribution is 5.28. The van der Waals surface area contributed by atoms with Crippen LogP contribution >= 0.6 is 0 Å². The number of rotatable bonds is 4. The lowest BCUT2D eigenvalue weighted by molar-refractivity contribution is 0.565. The Morgan fingerprint density at radius 2 is 2.21 bits per heavy atom. The predicted molar refractivity (Wildman–Crippen MR) is 71.8 cm³/mol. The summed E-state index contributed by atoms with van der Waals surface area (Å²) >= 11 is 0. The molecule has 0 aliphatic heterocycles. The summed E-state index contributed by atoms with van der Waals surface area (Å²) in [4.78, 5) is 0. The van der Waals surface area contributed by atoms with Gasteiger partial charge in [-0.3, -0.25) is 0 Å². The van der Waals surface area contributed by atoms with E-state index in [-0.39, 0.29) is 11.9 Å². The van der Waals surface area contributed by atoms with Gasteiger partial charge in [0.25, 0.3) is 0 Å². The van der Waals surface area contributed by atoms with Crippen LogP contribution in [-0.4, -0.2) is 4.57 Å². The van der Waals surface area contributed by atoms with E-state index in [1.807, 2.05) is 32.3 Å². The summed E-state index contributed by atoms with van der Waals surface area (Å²) in [5.74, 6) is -0.224. The molecule has 0 aliphatic carbocycles. The topological polar surface area (TPSA) is 40.8 Å². The smallest absolute Gasteiger partial charge is 0.123 e. The molecule has 19 heavy (non-hydrogen) atoms. The fourth-order valence-corrected chi connectivity index (χ4v) is 2.01. The Bertz CT molecular complexity index is 610. The van der Waals surface area contributed by atoms with Gasteiger partial charge in [0.15, 0.2) is 0 Å². The van der Waals surface area contributed by atoms with Crippen molar-refractivity contribution in [3.63, 3.8) is 0 Å². The monoisotopic (exact) mass is 257 g/mol. The number of nitriles is 1. The normalized spacial score (nSPS) is 12.1. The molecule has 3 nitrogen and oxygen atoms in total. The molecule has 0 spiro atoms. The van der Waals surface area contributed by atoms with Crippen molar-refractivity contribution in [2.24, 2.45) is 7.05 Å². The van der Waals surface area contributed by atoms with Crippen LogP contribution in [0.4, 0.5) is 4.39 Å². The molecule has 4 heteroatoms. The number of aryl methyl sites for hydroxylation is 1. The van der Waals surface area contributed by atoms with Gasteiger partial charge in [-0.25, -0.2) is 4.39 Å². The van der Waals surface area contributed by atoms with E-state index in [0.717, 1.165) is 11.1 Å². The van der Waals surface area contributed by atoms with Gasteiger partial charge >= 0.3 is 0 Å². The molecule has 0 bridgehead atoms. The fourth-order valence-electron chi connectivity index (χ4n) is 2.01. The second kappa shape index (κ2) is 5.68. The van der Waals surface area contributed by atoms with Gasteiger partial charge in [0, 0.05) is 25.8 Å². The number of hydrogen-bond acceptors (Lipinski definition) is 2. The second-order valence-corrected chi connectivity index (χ2v) is 4.61. The number of hydrogen-bond donors (Lipinski definition) is 1.